The number of benzene rings is 15. The standard InChI is InChI=1S/C41H27N3.2C40H26N4/c1-5-13-28(14-6-1)33-25-37(30-17-9-3-10-18-30)42-39(26-33)35-27-38(31-19-11-4-12-20-31)44-41-34(35)23-21-32-22-24-36(43-40(32)41)29-15-7-2-8-16-29;1-5-13-27(14-6-1)34-24-22-30-21-23-32-33(25-35(28-15-7-2-8-16-28)42-39(32)38(30)41-34)37-26-36(29-17-9-3-10-18-29)43-40(44-37)31-19-11-4-12-20-31;1-5-13-27(14-6-1)34-24-22-31-21-23-32-33(25-35(28-15-7-2-8-16-28)42-39(32)38(31)41-34)40-43-36(29-17-9-3-10-18-29)26-37(44-40)30-19-11-4-12-20-30/h1-27H;2*1-26H. The quantitative estimate of drug-likeness (QED) is 0.0906. The van der Waals surface area contributed by atoms with E-state index in [1.54, 1.807) is 0 Å². The predicted octanol–water partition coefficient (Wildman–Crippen LogP) is 30.3. The Kier molecular flexibility index (Phi) is 21.9. The average Bonchev–Trinajstić information content (AvgIpc) is 0.753. The fourth-order valence-corrected chi connectivity index (χ4v) is 17.2. The number of pyridine rings is 7. The number of aromatic nitrogens is 11. The second-order valence-corrected chi connectivity index (χ2v) is 32.3. The minimum Gasteiger partial charge on any atom is -0.248 e. The van der Waals surface area contributed by atoms with Crippen molar-refractivity contribution in [3.8, 4) is 169 Å². The first-order chi connectivity index (χ1) is 65.4. The zero-order valence-electron chi connectivity index (χ0n) is 71.5. The maximum Gasteiger partial charge on any atom is 0.161 e. The smallest absolute Gasteiger partial charge is 0.161 e. The third-order valence-electron chi connectivity index (χ3n) is 23.8. The van der Waals surface area contributed by atoms with E-state index >= 15 is 0 Å². The molecule has 0 aliphatic heterocycles. The minimum absolute atomic E-state index is 0.647. The van der Waals surface area contributed by atoms with Gasteiger partial charge in [-0.2, -0.15) is 0 Å². The summed E-state index contributed by atoms with van der Waals surface area (Å²) in [4.78, 5) is 57.1. The molecule has 9 heterocycles. The highest BCUT2D eigenvalue weighted by Gasteiger charge is 2.23. The molecule has 132 heavy (non-hydrogen) atoms. The monoisotopic (exact) mass is 1690 g/mol. The molecule has 0 aliphatic carbocycles. The van der Waals surface area contributed by atoms with Gasteiger partial charge in [-0.05, 0) is 71.8 Å². The van der Waals surface area contributed by atoms with E-state index in [0.717, 1.165) is 223 Å². The van der Waals surface area contributed by atoms with Crippen LogP contribution >= 0.6 is 0 Å². The van der Waals surface area contributed by atoms with Crippen LogP contribution in [0, 0.1) is 0 Å². The molecule has 11 nitrogen and oxygen atoms in total. The van der Waals surface area contributed by atoms with Crippen molar-refractivity contribution in [3.05, 3.63) is 479 Å². The summed E-state index contributed by atoms with van der Waals surface area (Å²) in [6.45, 7) is 0. The summed E-state index contributed by atoms with van der Waals surface area (Å²) in [6, 6.07) is 164. The van der Waals surface area contributed by atoms with Gasteiger partial charge in [-0.15, -0.1) is 0 Å². The van der Waals surface area contributed by atoms with Gasteiger partial charge >= 0.3 is 0 Å². The molecular weight excluding hydrogens is 1610 g/mol. The second-order valence-electron chi connectivity index (χ2n) is 32.3. The van der Waals surface area contributed by atoms with Crippen molar-refractivity contribution in [2.24, 2.45) is 0 Å². The Hall–Kier alpha value is -17.9. The van der Waals surface area contributed by atoms with E-state index < -0.39 is 0 Å². The molecule has 0 spiro atoms. The summed E-state index contributed by atoms with van der Waals surface area (Å²) in [6.07, 6.45) is 0. The highest BCUT2D eigenvalue weighted by molar-refractivity contribution is 6.13. The molecule has 9 aromatic heterocycles. The maximum absolute atomic E-state index is 5.28. The largest absolute Gasteiger partial charge is 0.248 e. The first-order valence-corrected chi connectivity index (χ1v) is 44.1. The van der Waals surface area contributed by atoms with E-state index in [2.05, 4.69) is 297 Å². The molecule has 0 saturated carbocycles. The summed E-state index contributed by atoms with van der Waals surface area (Å²) in [5, 5.41) is 6.09. The van der Waals surface area contributed by atoms with E-state index in [1.807, 2.05) is 182 Å². The fourth-order valence-electron chi connectivity index (χ4n) is 17.2. The van der Waals surface area contributed by atoms with Crippen LogP contribution in [0.5, 0.6) is 0 Å². The summed E-state index contributed by atoms with van der Waals surface area (Å²) in [5.74, 6) is 1.33. The second kappa shape index (κ2) is 36.2. The van der Waals surface area contributed by atoms with Crippen molar-refractivity contribution in [2.45, 2.75) is 0 Å². The lowest BCUT2D eigenvalue weighted by atomic mass is 9.96. The summed E-state index contributed by atoms with van der Waals surface area (Å²) in [5.41, 5.74) is 32.4. The van der Waals surface area contributed by atoms with Crippen LogP contribution in [-0.2, 0) is 0 Å². The molecule has 0 atom stereocenters. The molecule has 0 aliphatic rings. The summed E-state index contributed by atoms with van der Waals surface area (Å²) in [7, 11) is 0. The first kappa shape index (κ1) is 79.9. The Morgan fingerprint density at radius 2 is 0.311 bits per heavy atom. The van der Waals surface area contributed by atoms with Crippen molar-refractivity contribution >= 4 is 65.4 Å². The number of fused-ring (bicyclic) bond motifs is 9. The normalized spacial score (nSPS) is 11.2. The van der Waals surface area contributed by atoms with Gasteiger partial charge in [-0.1, -0.05) is 419 Å². The average molecular weight is 1690 g/mol. The van der Waals surface area contributed by atoms with E-state index in [1.165, 1.54) is 0 Å². The number of nitrogens with zero attached hydrogens (tertiary/aromatic N) is 11. The molecule has 0 amide bonds. The Bertz CT molecular complexity index is 7350. The van der Waals surface area contributed by atoms with Gasteiger partial charge in [0.1, 0.15) is 0 Å². The minimum atomic E-state index is 0.647. The van der Waals surface area contributed by atoms with Crippen LogP contribution in [0.2, 0.25) is 0 Å². The number of hydrogen-bond donors (Lipinski definition) is 0. The molecule has 0 radical (unpaired) electrons. The maximum atomic E-state index is 5.28. The van der Waals surface area contributed by atoms with Gasteiger partial charge in [0.15, 0.2) is 11.6 Å². The van der Waals surface area contributed by atoms with Crippen molar-refractivity contribution < 1.29 is 0 Å². The van der Waals surface area contributed by atoms with E-state index in [9.17, 15) is 0 Å². The van der Waals surface area contributed by atoms with E-state index in [4.69, 9.17) is 54.8 Å². The molecule has 618 valence electrons. The first-order valence-electron chi connectivity index (χ1n) is 44.1. The van der Waals surface area contributed by atoms with Gasteiger partial charge in [0.25, 0.3) is 0 Å². The van der Waals surface area contributed by atoms with Gasteiger partial charge < -0.3 is 0 Å². The molecule has 24 aromatic rings. The molecule has 24 rings (SSSR count). The van der Waals surface area contributed by atoms with Crippen molar-refractivity contribution in [1.82, 2.24) is 54.8 Å². The molecular formula is C121H79N11. The third kappa shape index (κ3) is 16.7. The highest BCUT2D eigenvalue weighted by atomic mass is 14.9. The summed E-state index contributed by atoms with van der Waals surface area (Å²) >= 11 is 0. The molecule has 0 fully saturated rings. The van der Waals surface area contributed by atoms with Gasteiger partial charge in [-0.25, -0.2) is 54.8 Å². The highest BCUT2D eigenvalue weighted by Crippen LogP contribution is 2.43. The number of rotatable bonds is 15. The molecule has 0 saturated heterocycles. The fraction of sp³-hybridized carbons (Fsp3) is 0. The van der Waals surface area contributed by atoms with E-state index in [-0.39, 0.29) is 0 Å². The van der Waals surface area contributed by atoms with Crippen LogP contribution in [0.25, 0.3) is 234 Å². The van der Waals surface area contributed by atoms with Crippen LogP contribution in [0.1, 0.15) is 0 Å². The summed E-state index contributed by atoms with van der Waals surface area (Å²) < 4.78 is 0. The zero-order valence-corrected chi connectivity index (χ0v) is 71.5. The Morgan fingerprint density at radius 3 is 0.621 bits per heavy atom. The lowest BCUT2D eigenvalue weighted by Gasteiger charge is -2.15. The lowest BCUT2D eigenvalue weighted by Crippen LogP contribution is -1.99. The molecule has 0 bridgehead atoms. The molecule has 0 unspecified atom stereocenters. The van der Waals surface area contributed by atoms with Gasteiger partial charge in [0, 0.05) is 110 Å². The number of hydrogen-bond acceptors (Lipinski definition) is 11. The van der Waals surface area contributed by atoms with Crippen LogP contribution in [0.15, 0.2) is 479 Å². The van der Waals surface area contributed by atoms with Gasteiger partial charge in [0.2, 0.25) is 0 Å². The van der Waals surface area contributed by atoms with Crippen molar-refractivity contribution in [3.63, 3.8) is 0 Å². The van der Waals surface area contributed by atoms with Gasteiger partial charge in [0.05, 0.1) is 101 Å². The zero-order chi connectivity index (χ0) is 87.9. The third-order valence-corrected chi connectivity index (χ3v) is 23.8. The molecule has 11 heteroatoms. The van der Waals surface area contributed by atoms with Crippen LogP contribution < -0.4 is 0 Å². The Balaban J connectivity index is 0.000000116. The molecule has 0 N–H and O–H groups in total. The lowest BCUT2D eigenvalue weighted by molar-refractivity contribution is 1.18. The predicted molar refractivity (Wildman–Crippen MR) is 542 cm³/mol. The Labute approximate surface area is 763 Å². The van der Waals surface area contributed by atoms with Crippen LogP contribution in [0.4, 0.5) is 0 Å². The van der Waals surface area contributed by atoms with Gasteiger partial charge in [-0.3, -0.25) is 0 Å². The van der Waals surface area contributed by atoms with E-state index in [0.29, 0.717) is 11.6 Å². The van der Waals surface area contributed by atoms with Crippen LogP contribution in [0.3, 0.4) is 0 Å². The SMILES string of the molecule is c1ccc(-c2cc(-c3cc(-c4ccccc4)nc4c3ccc3ccc(-c5ccccc5)nc34)nc(-c3ccccc3)n2)cc1.c1ccc(-c2cc(-c3ccccc3)nc(-c3cc(-c4ccccc4)nc4c3ccc3ccc(-c5ccccc5)nc34)c2)cc1.c1ccc(-c2cc(-c3ccccc3)nc(-c3cc(-c4ccccc4)nc4c3ccc3ccc(-c5ccccc5)nc34)n2)cc1. The Morgan fingerprint density at radius 1 is 0.106 bits per heavy atom. The van der Waals surface area contributed by atoms with Crippen molar-refractivity contribution in [2.75, 3.05) is 0 Å². The topological polar surface area (TPSA) is 142 Å². The van der Waals surface area contributed by atoms with Crippen LogP contribution in [-0.4, -0.2) is 54.8 Å². The van der Waals surface area contributed by atoms with Crippen molar-refractivity contribution in [1.29, 1.82) is 0 Å². The molecule has 15 aromatic carbocycles.